The SMILES string of the molecule is CCNC(=NCC(C)C)NC1CCN(C2CCCC2)C1. The number of guanidine groups is 1. The normalized spacial score (nSPS) is 25.6. The molecule has 1 heterocycles. The summed E-state index contributed by atoms with van der Waals surface area (Å²) in [6.07, 6.45) is 6.93. The molecular weight excluding hydrogens is 248 g/mol. The average molecular weight is 280 g/mol. The number of hydrogen-bond acceptors (Lipinski definition) is 2. The van der Waals surface area contributed by atoms with Crippen LogP contribution in [0.1, 0.15) is 52.9 Å². The minimum atomic E-state index is 0.570. The van der Waals surface area contributed by atoms with Crippen LogP contribution in [0.4, 0.5) is 0 Å². The third-order valence-electron chi connectivity index (χ3n) is 4.36. The lowest BCUT2D eigenvalue weighted by Gasteiger charge is -2.24. The van der Waals surface area contributed by atoms with Gasteiger partial charge in [-0.1, -0.05) is 26.7 Å². The third-order valence-corrected chi connectivity index (χ3v) is 4.36. The van der Waals surface area contributed by atoms with E-state index < -0.39 is 0 Å². The molecule has 0 bridgehead atoms. The Kier molecular flexibility index (Phi) is 6.14. The van der Waals surface area contributed by atoms with Gasteiger partial charge in [-0.15, -0.1) is 0 Å². The predicted octanol–water partition coefficient (Wildman–Crippen LogP) is 2.21. The Hall–Kier alpha value is -0.770. The Morgan fingerprint density at radius 3 is 2.65 bits per heavy atom. The molecule has 116 valence electrons. The van der Waals surface area contributed by atoms with E-state index in [0.717, 1.165) is 25.1 Å². The van der Waals surface area contributed by atoms with E-state index in [1.165, 1.54) is 45.2 Å². The van der Waals surface area contributed by atoms with Crippen LogP contribution >= 0.6 is 0 Å². The standard InChI is InChI=1S/C16H32N4/c1-4-17-16(18-11-13(2)3)19-14-9-10-20(12-14)15-7-5-6-8-15/h13-15H,4-12H2,1-3H3,(H2,17,18,19). The first kappa shape index (κ1) is 15.6. The fourth-order valence-electron chi connectivity index (χ4n) is 3.29. The summed E-state index contributed by atoms with van der Waals surface area (Å²) < 4.78 is 0. The van der Waals surface area contributed by atoms with Crippen molar-refractivity contribution in [2.24, 2.45) is 10.9 Å². The van der Waals surface area contributed by atoms with Gasteiger partial charge in [-0.3, -0.25) is 9.89 Å². The van der Waals surface area contributed by atoms with Crippen molar-refractivity contribution >= 4 is 5.96 Å². The quantitative estimate of drug-likeness (QED) is 0.599. The Bertz CT molecular complexity index is 308. The summed E-state index contributed by atoms with van der Waals surface area (Å²) in [5, 5.41) is 6.99. The lowest BCUT2D eigenvalue weighted by atomic mass is 10.2. The van der Waals surface area contributed by atoms with Crippen LogP contribution in [0.15, 0.2) is 4.99 Å². The summed E-state index contributed by atoms with van der Waals surface area (Å²) in [6, 6.07) is 1.43. The third kappa shape index (κ3) is 4.65. The second kappa shape index (κ2) is 7.87. The molecular formula is C16H32N4. The molecule has 4 heteroatoms. The Labute approximate surface area is 124 Å². The van der Waals surface area contributed by atoms with Gasteiger partial charge < -0.3 is 10.6 Å². The van der Waals surface area contributed by atoms with E-state index in [4.69, 9.17) is 0 Å². The monoisotopic (exact) mass is 280 g/mol. The van der Waals surface area contributed by atoms with Gasteiger partial charge in [0.1, 0.15) is 0 Å². The van der Waals surface area contributed by atoms with Crippen molar-refractivity contribution in [2.75, 3.05) is 26.2 Å². The lowest BCUT2D eigenvalue weighted by Crippen LogP contribution is -2.45. The molecule has 0 radical (unpaired) electrons. The molecule has 1 unspecified atom stereocenters. The Morgan fingerprint density at radius 2 is 2.00 bits per heavy atom. The Balaban J connectivity index is 1.80. The van der Waals surface area contributed by atoms with E-state index in [9.17, 15) is 0 Å². The van der Waals surface area contributed by atoms with Gasteiger partial charge in [0, 0.05) is 38.3 Å². The second-order valence-corrected chi connectivity index (χ2v) is 6.68. The fraction of sp³-hybridized carbons (Fsp3) is 0.938. The summed E-state index contributed by atoms with van der Waals surface area (Å²) in [5.74, 6) is 1.61. The van der Waals surface area contributed by atoms with Crippen LogP contribution in [0, 0.1) is 5.92 Å². The van der Waals surface area contributed by atoms with Crippen molar-refractivity contribution in [2.45, 2.75) is 65.0 Å². The van der Waals surface area contributed by atoms with Crippen molar-refractivity contribution in [3.05, 3.63) is 0 Å². The fourth-order valence-corrected chi connectivity index (χ4v) is 3.29. The van der Waals surface area contributed by atoms with Crippen LogP contribution < -0.4 is 10.6 Å². The molecule has 1 aliphatic heterocycles. The summed E-state index contributed by atoms with van der Waals surface area (Å²) in [4.78, 5) is 7.37. The second-order valence-electron chi connectivity index (χ2n) is 6.68. The van der Waals surface area contributed by atoms with Gasteiger partial charge in [0.25, 0.3) is 0 Å². The first-order valence-corrected chi connectivity index (χ1v) is 8.48. The molecule has 1 saturated carbocycles. The first-order chi connectivity index (χ1) is 9.69. The number of likely N-dealkylation sites (tertiary alicyclic amines) is 1. The maximum Gasteiger partial charge on any atom is 0.191 e. The molecule has 20 heavy (non-hydrogen) atoms. The molecule has 4 nitrogen and oxygen atoms in total. The minimum Gasteiger partial charge on any atom is -0.357 e. The highest BCUT2D eigenvalue weighted by atomic mass is 15.3. The molecule has 0 aromatic rings. The number of nitrogens with zero attached hydrogens (tertiary/aromatic N) is 2. The first-order valence-electron chi connectivity index (χ1n) is 8.48. The topological polar surface area (TPSA) is 39.7 Å². The number of rotatable bonds is 5. The summed E-state index contributed by atoms with van der Waals surface area (Å²) in [7, 11) is 0. The molecule has 0 spiro atoms. The van der Waals surface area contributed by atoms with E-state index in [0.29, 0.717) is 12.0 Å². The smallest absolute Gasteiger partial charge is 0.191 e. The van der Waals surface area contributed by atoms with Crippen LogP contribution in [0.5, 0.6) is 0 Å². The maximum atomic E-state index is 4.67. The molecule has 2 N–H and O–H groups in total. The van der Waals surface area contributed by atoms with E-state index in [2.05, 4.69) is 41.3 Å². The van der Waals surface area contributed by atoms with E-state index in [1.54, 1.807) is 0 Å². The molecule has 1 saturated heterocycles. The summed E-state index contributed by atoms with van der Waals surface area (Å²) in [6.45, 7) is 10.8. The molecule has 0 amide bonds. The zero-order valence-electron chi connectivity index (χ0n) is 13.5. The van der Waals surface area contributed by atoms with Gasteiger partial charge in [0.15, 0.2) is 5.96 Å². The van der Waals surface area contributed by atoms with Crippen LogP contribution in [-0.4, -0.2) is 49.1 Å². The van der Waals surface area contributed by atoms with E-state index in [1.807, 2.05) is 0 Å². The molecule has 2 aliphatic rings. The van der Waals surface area contributed by atoms with Crippen molar-refractivity contribution in [1.29, 1.82) is 0 Å². The highest BCUT2D eigenvalue weighted by molar-refractivity contribution is 5.80. The zero-order chi connectivity index (χ0) is 14.4. The Morgan fingerprint density at radius 1 is 1.25 bits per heavy atom. The molecule has 1 aliphatic carbocycles. The van der Waals surface area contributed by atoms with Crippen molar-refractivity contribution in [3.63, 3.8) is 0 Å². The summed E-state index contributed by atoms with van der Waals surface area (Å²) in [5.41, 5.74) is 0. The number of nitrogens with one attached hydrogen (secondary N) is 2. The van der Waals surface area contributed by atoms with Crippen molar-refractivity contribution in [1.82, 2.24) is 15.5 Å². The molecule has 2 rings (SSSR count). The van der Waals surface area contributed by atoms with Crippen molar-refractivity contribution in [3.8, 4) is 0 Å². The highest BCUT2D eigenvalue weighted by Crippen LogP contribution is 2.26. The van der Waals surface area contributed by atoms with Gasteiger partial charge >= 0.3 is 0 Å². The largest absolute Gasteiger partial charge is 0.357 e. The highest BCUT2D eigenvalue weighted by Gasteiger charge is 2.30. The van der Waals surface area contributed by atoms with Crippen molar-refractivity contribution < 1.29 is 0 Å². The van der Waals surface area contributed by atoms with Gasteiger partial charge in [0.05, 0.1) is 0 Å². The van der Waals surface area contributed by atoms with Gasteiger partial charge in [-0.05, 0) is 32.1 Å². The zero-order valence-corrected chi connectivity index (χ0v) is 13.5. The minimum absolute atomic E-state index is 0.570. The molecule has 0 aromatic heterocycles. The van der Waals surface area contributed by atoms with Gasteiger partial charge in [-0.2, -0.15) is 0 Å². The number of hydrogen-bond donors (Lipinski definition) is 2. The van der Waals surface area contributed by atoms with Crippen LogP contribution in [-0.2, 0) is 0 Å². The van der Waals surface area contributed by atoms with Gasteiger partial charge in [0.2, 0.25) is 0 Å². The lowest BCUT2D eigenvalue weighted by molar-refractivity contribution is 0.242. The molecule has 1 atom stereocenters. The van der Waals surface area contributed by atoms with Gasteiger partial charge in [-0.25, -0.2) is 0 Å². The van der Waals surface area contributed by atoms with E-state index >= 15 is 0 Å². The van der Waals surface area contributed by atoms with E-state index in [-0.39, 0.29) is 0 Å². The summed E-state index contributed by atoms with van der Waals surface area (Å²) >= 11 is 0. The molecule has 2 fully saturated rings. The van der Waals surface area contributed by atoms with Crippen LogP contribution in [0.25, 0.3) is 0 Å². The number of aliphatic imine (C=N–C) groups is 1. The van der Waals surface area contributed by atoms with Crippen LogP contribution in [0.3, 0.4) is 0 Å². The average Bonchev–Trinajstić information content (AvgIpc) is 3.06. The predicted molar refractivity (Wildman–Crippen MR) is 86.2 cm³/mol. The van der Waals surface area contributed by atoms with Crippen LogP contribution in [0.2, 0.25) is 0 Å². The molecule has 0 aromatic carbocycles. The maximum absolute atomic E-state index is 4.67.